The Balaban J connectivity index is 1.25. The van der Waals surface area contributed by atoms with E-state index < -0.39 is 31.3 Å². The molecule has 3 N–H and O–H groups in total. The predicted octanol–water partition coefficient (Wildman–Crippen LogP) is 4.75. The topological polar surface area (TPSA) is 118 Å². The van der Waals surface area contributed by atoms with Crippen LogP contribution in [-0.4, -0.2) is 55.1 Å². The Morgan fingerprint density at radius 1 is 1.33 bits per heavy atom. The molecule has 0 aromatic carbocycles. The molecule has 3 aromatic rings. The maximum Gasteiger partial charge on any atom is 0.522 e. The van der Waals surface area contributed by atoms with Crippen LogP contribution in [-0.2, 0) is 16.1 Å². The summed E-state index contributed by atoms with van der Waals surface area (Å²) in [5.74, 6) is 0.272. The Labute approximate surface area is 206 Å². The number of aromatic nitrogens is 5. The molecular formula is C21H22ClF4N7O3. The summed E-state index contributed by atoms with van der Waals surface area (Å²) >= 11 is 6.04. The highest BCUT2D eigenvalue weighted by Gasteiger charge is 2.42. The van der Waals surface area contributed by atoms with E-state index in [1.807, 2.05) is 6.92 Å². The van der Waals surface area contributed by atoms with Crippen LogP contribution in [0.2, 0.25) is 5.15 Å². The number of carbonyl (C=O) groups excluding carboxylic acids is 1. The highest BCUT2D eigenvalue weighted by atomic mass is 35.5. The van der Waals surface area contributed by atoms with Gasteiger partial charge in [-0.05, 0) is 38.7 Å². The second kappa shape index (κ2) is 9.07. The number of fused-ring (bicyclic) bond motifs is 1. The molecule has 2 aliphatic carbocycles. The van der Waals surface area contributed by atoms with Crippen molar-refractivity contribution in [3.63, 3.8) is 0 Å². The van der Waals surface area contributed by atoms with Gasteiger partial charge < -0.3 is 15.4 Å². The summed E-state index contributed by atoms with van der Waals surface area (Å²) in [6.07, 6.45) is -4.06. The van der Waals surface area contributed by atoms with Gasteiger partial charge in [-0.1, -0.05) is 11.6 Å². The van der Waals surface area contributed by atoms with E-state index in [0.717, 1.165) is 12.8 Å². The number of alkyl halides is 4. The molecule has 2 aliphatic rings. The molecule has 0 bridgehead atoms. The molecule has 15 heteroatoms. The quantitative estimate of drug-likeness (QED) is 0.376. The first-order valence-corrected chi connectivity index (χ1v) is 11.5. The second-order valence-corrected chi connectivity index (χ2v) is 9.65. The summed E-state index contributed by atoms with van der Waals surface area (Å²) in [5.41, 5.74) is 0.740. The molecule has 0 spiro atoms. The van der Waals surface area contributed by atoms with Crippen molar-refractivity contribution in [1.29, 1.82) is 0 Å². The van der Waals surface area contributed by atoms with Crippen molar-refractivity contribution in [2.45, 2.75) is 69.3 Å². The number of rotatable bonds is 7. The van der Waals surface area contributed by atoms with E-state index in [4.69, 9.17) is 16.3 Å². The fourth-order valence-electron chi connectivity index (χ4n) is 4.11. The zero-order valence-electron chi connectivity index (χ0n) is 18.9. The molecule has 36 heavy (non-hydrogen) atoms. The van der Waals surface area contributed by atoms with Crippen LogP contribution in [0.5, 0.6) is 0 Å². The van der Waals surface area contributed by atoms with E-state index in [1.54, 1.807) is 6.07 Å². The average Bonchev–Trinajstić information content (AvgIpc) is 3.13. The van der Waals surface area contributed by atoms with E-state index in [9.17, 15) is 22.4 Å². The van der Waals surface area contributed by atoms with Crippen molar-refractivity contribution >= 4 is 34.8 Å². The van der Waals surface area contributed by atoms with Gasteiger partial charge in [-0.3, -0.25) is 9.84 Å². The molecule has 1 amide bonds. The van der Waals surface area contributed by atoms with Gasteiger partial charge in [0.15, 0.2) is 11.6 Å². The Kier molecular flexibility index (Phi) is 6.19. The predicted molar refractivity (Wildman–Crippen MR) is 119 cm³/mol. The highest BCUT2D eigenvalue weighted by Crippen LogP contribution is 2.39. The Bertz CT molecular complexity index is 1280. The average molecular weight is 532 g/mol. The van der Waals surface area contributed by atoms with Crippen LogP contribution in [0.15, 0.2) is 18.3 Å². The number of alkyl carbamates (subject to hydrolysis) is 1. The molecule has 0 aliphatic heterocycles. The monoisotopic (exact) mass is 531 g/mol. The minimum atomic E-state index is -4.79. The molecule has 3 atom stereocenters. The highest BCUT2D eigenvalue weighted by molar-refractivity contribution is 6.29. The van der Waals surface area contributed by atoms with Crippen LogP contribution < -0.4 is 10.6 Å². The lowest BCUT2D eigenvalue weighted by molar-refractivity contribution is -0.330. The van der Waals surface area contributed by atoms with Crippen LogP contribution in [0.25, 0.3) is 5.52 Å². The number of ether oxygens (including phenoxy) is 2. The van der Waals surface area contributed by atoms with Crippen molar-refractivity contribution in [2.24, 2.45) is 0 Å². The number of H-pyrrole nitrogens is 1. The summed E-state index contributed by atoms with van der Waals surface area (Å²) in [6, 6.07) is 3.04. The van der Waals surface area contributed by atoms with Crippen molar-refractivity contribution in [2.75, 3.05) is 5.32 Å². The zero-order chi connectivity index (χ0) is 25.7. The Morgan fingerprint density at radius 2 is 2.11 bits per heavy atom. The molecule has 5 rings (SSSR count). The van der Waals surface area contributed by atoms with Crippen LogP contribution in [0.4, 0.5) is 34.0 Å². The second-order valence-electron chi connectivity index (χ2n) is 9.26. The smallest absolute Gasteiger partial charge is 0.443 e. The third-order valence-corrected chi connectivity index (χ3v) is 6.42. The van der Waals surface area contributed by atoms with Crippen LogP contribution >= 0.6 is 11.6 Å². The first-order chi connectivity index (χ1) is 17.0. The van der Waals surface area contributed by atoms with Gasteiger partial charge >= 0.3 is 12.5 Å². The molecular weight excluding hydrogens is 510 g/mol. The van der Waals surface area contributed by atoms with E-state index in [0.29, 0.717) is 17.0 Å². The number of hydrogen-bond donors (Lipinski definition) is 3. The zero-order valence-corrected chi connectivity index (χ0v) is 19.7. The summed E-state index contributed by atoms with van der Waals surface area (Å²) < 4.78 is 62.1. The van der Waals surface area contributed by atoms with Gasteiger partial charge in [0.2, 0.25) is 0 Å². The number of halogens is 5. The van der Waals surface area contributed by atoms with E-state index in [2.05, 4.69) is 35.7 Å². The molecule has 2 fully saturated rings. The minimum Gasteiger partial charge on any atom is -0.443 e. The molecule has 0 radical (unpaired) electrons. The van der Waals surface area contributed by atoms with Crippen LogP contribution in [0.3, 0.4) is 0 Å². The number of anilines is 2. The van der Waals surface area contributed by atoms with Crippen molar-refractivity contribution in [1.82, 2.24) is 30.1 Å². The number of nitrogens with one attached hydrogen (secondary N) is 3. The van der Waals surface area contributed by atoms with Crippen molar-refractivity contribution in [3.05, 3.63) is 34.9 Å². The summed E-state index contributed by atoms with van der Waals surface area (Å²) in [4.78, 5) is 16.2. The maximum absolute atomic E-state index is 14.6. The Hall–Kier alpha value is -3.13. The largest absolute Gasteiger partial charge is 0.522 e. The van der Waals surface area contributed by atoms with Crippen LogP contribution in [0, 0.1) is 0 Å². The number of carbonyl (C=O) groups is 1. The van der Waals surface area contributed by atoms with Gasteiger partial charge in [-0.25, -0.2) is 18.7 Å². The lowest BCUT2D eigenvalue weighted by Gasteiger charge is -2.17. The SMILES string of the molecule is CC1(NC(=O)O[C@H]2C[C@@H](c3cc(Nc4nc(Cl)cn5nc(COC(F)(F)F)cc45)n[nH]3)C[C@H]2F)CC1. The summed E-state index contributed by atoms with van der Waals surface area (Å²) in [5, 5.41) is 16.8. The van der Waals surface area contributed by atoms with Gasteiger partial charge in [0.1, 0.15) is 29.6 Å². The fraction of sp³-hybridized carbons (Fsp3) is 0.524. The molecule has 0 unspecified atom stereocenters. The summed E-state index contributed by atoms with van der Waals surface area (Å²) in [6.45, 7) is 1.13. The lowest BCUT2D eigenvalue weighted by Crippen LogP contribution is -2.38. The number of aromatic amines is 1. The van der Waals surface area contributed by atoms with E-state index >= 15 is 0 Å². The summed E-state index contributed by atoms with van der Waals surface area (Å²) in [7, 11) is 0. The molecule has 2 saturated carbocycles. The van der Waals surface area contributed by atoms with E-state index in [1.165, 1.54) is 16.8 Å². The number of hydrogen-bond acceptors (Lipinski definition) is 7. The first kappa shape index (κ1) is 24.6. The molecule has 194 valence electrons. The number of amides is 1. The van der Waals surface area contributed by atoms with Crippen molar-refractivity contribution in [3.8, 4) is 0 Å². The van der Waals surface area contributed by atoms with E-state index in [-0.39, 0.29) is 41.0 Å². The minimum absolute atomic E-state index is 0.0212. The first-order valence-electron chi connectivity index (χ1n) is 11.2. The third-order valence-electron chi connectivity index (χ3n) is 6.24. The fourth-order valence-corrected chi connectivity index (χ4v) is 4.29. The number of nitrogens with zero attached hydrogens (tertiary/aromatic N) is 4. The Morgan fingerprint density at radius 3 is 2.83 bits per heavy atom. The van der Waals surface area contributed by atoms with Crippen molar-refractivity contribution < 1.29 is 31.8 Å². The molecule has 3 heterocycles. The van der Waals surface area contributed by atoms with Crippen LogP contribution in [0.1, 0.15) is 49.9 Å². The standard InChI is InChI=1S/C21H22ClF4N7O3/c1-20(2-3-20)29-19(34)36-15-5-10(4-12(15)23)13-7-17(31-30-13)28-18-14-6-11(9-35-21(24,25)26)32-33(14)8-16(22)27-18/h6-8,10,12,15H,2-5,9H2,1H3,(H,29,34)(H2,27,28,30,31)/t10-,12+,15-/m0/s1. The van der Waals surface area contributed by atoms with Gasteiger partial charge in [0, 0.05) is 23.2 Å². The van der Waals surface area contributed by atoms with Gasteiger partial charge in [-0.2, -0.15) is 10.2 Å². The van der Waals surface area contributed by atoms with Gasteiger partial charge in [0.05, 0.1) is 11.9 Å². The lowest BCUT2D eigenvalue weighted by atomic mass is 10.0. The normalized spacial score (nSPS) is 23.1. The van der Waals surface area contributed by atoms with Gasteiger partial charge in [-0.15, -0.1) is 13.2 Å². The maximum atomic E-state index is 14.6. The molecule has 0 saturated heterocycles. The third kappa shape index (κ3) is 5.64. The molecule has 10 nitrogen and oxygen atoms in total. The van der Waals surface area contributed by atoms with Gasteiger partial charge in [0.25, 0.3) is 0 Å². The molecule has 3 aromatic heterocycles.